The number of rotatable bonds is 7. The molecule has 0 saturated heterocycles. The summed E-state index contributed by atoms with van der Waals surface area (Å²) in [7, 11) is 3.09. The molecule has 166 valence electrons. The van der Waals surface area contributed by atoms with E-state index in [9.17, 15) is 14.9 Å². The highest BCUT2D eigenvalue weighted by atomic mass is 16.6. The van der Waals surface area contributed by atoms with Crippen LogP contribution >= 0.6 is 0 Å². The van der Waals surface area contributed by atoms with Crippen molar-refractivity contribution in [3.05, 3.63) is 88.5 Å². The van der Waals surface area contributed by atoms with Crippen molar-refractivity contribution in [2.75, 3.05) is 19.5 Å². The number of hydrogen-bond acceptors (Lipinski definition) is 7. The first-order valence-electron chi connectivity index (χ1n) is 9.80. The first-order valence-corrected chi connectivity index (χ1v) is 9.80. The first kappa shape index (κ1) is 21.5. The van der Waals surface area contributed by atoms with Crippen molar-refractivity contribution >= 4 is 17.3 Å². The topological polar surface area (TPSA) is 121 Å². The Hall–Kier alpha value is -4.73. The average molecular weight is 445 g/mol. The number of aromatic nitrogens is 3. The standard InChI is InChI=1S/C23H19N5O5/c1-32-20-12-6-15(7-13-20)21-25-23(33-2)26-27(21)18-10-8-17(9-11-18)24-22(29)16-4-3-5-19(14-16)28(30)31/h3-14H,1-2H3,(H,24,29). The molecule has 3 aromatic carbocycles. The van der Waals surface area contributed by atoms with Gasteiger partial charge in [-0.15, -0.1) is 5.10 Å². The Morgan fingerprint density at radius 2 is 1.73 bits per heavy atom. The minimum absolute atomic E-state index is 0.149. The van der Waals surface area contributed by atoms with Crippen LogP contribution in [0.4, 0.5) is 11.4 Å². The van der Waals surface area contributed by atoms with Crippen molar-refractivity contribution in [3.8, 4) is 28.8 Å². The van der Waals surface area contributed by atoms with Crippen LogP contribution in [0.3, 0.4) is 0 Å². The molecule has 0 aliphatic rings. The quantitative estimate of drug-likeness (QED) is 0.335. The highest BCUT2D eigenvalue weighted by Crippen LogP contribution is 2.26. The number of carbonyl (C=O) groups is 1. The van der Waals surface area contributed by atoms with E-state index >= 15 is 0 Å². The molecule has 4 aromatic rings. The van der Waals surface area contributed by atoms with Gasteiger partial charge in [0.25, 0.3) is 11.6 Å². The van der Waals surface area contributed by atoms with Crippen LogP contribution in [0.15, 0.2) is 72.8 Å². The number of amides is 1. The highest BCUT2D eigenvalue weighted by Gasteiger charge is 2.15. The number of ether oxygens (including phenoxy) is 2. The number of nitro groups is 1. The molecule has 0 aliphatic heterocycles. The Morgan fingerprint density at radius 1 is 1.00 bits per heavy atom. The fourth-order valence-electron chi connectivity index (χ4n) is 3.14. The minimum atomic E-state index is -0.543. The summed E-state index contributed by atoms with van der Waals surface area (Å²) in [5.74, 6) is 0.844. The number of non-ortho nitro benzene ring substituents is 1. The van der Waals surface area contributed by atoms with Gasteiger partial charge in [-0.1, -0.05) is 6.07 Å². The van der Waals surface area contributed by atoms with Crippen LogP contribution in [-0.2, 0) is 0 Å². The number of benzene rings is 3. The molecule has 10 heteroatoms. The van der Waals surface area contributed by atoms with Gasteiger partial charge in [-0.2, -0.15) is 4.98 Å². The van der Waals surface area contributed by atoms with Gasteiger partial charge < -0.3 is 14.8 Å². The van der Waals surface area contributed by atoms with E-state index in [2.05, 4.69) is 15.4 Å². The smallest absolute Gasteiger partial charge is 0.336 e. The van der Waals surface area contributed by atoms with Crippen molar-refractivity contribution in [1.29, 1.82) is 0 Å². The van der Waals surface area contributed by atoms with E-state index in [1.54, 1.807) is 36.1 Å². The summed E-state index contributed by atoms with van der Waals surface area (Å²) in [6.07, 6.45) is 0. The van der Waals surface area contributed by atoms with Gasteiger partial charge in [-0.05, 0) is 54.6 Å². The lowest BCUT2D eigenvalue weighted by Gasteiger charge is -2.09. The lowest BCUT2D eigenvalue weighted by atomic mass is 10.2. The largest absolute Gasteiger partial charge is 0.497 e. The Morgan fingerprint density at radius 3 is 2.36 bits per heavy atom. The summed E-state index contributed by atoms with van der Waals surface area (Å²) in [5.41, 5.74) is 2.08. The fourth-order valence-corrected chi connectivity index (χ4v) is 3.14. The van der Waals surface area contributed by atoms with Crippen LogP contribution in [0.25, 0.3) is 17.1 Å². The number of nitrogens with one attached hydrogen (secondary N) is 1. The Balaban J connectivity index is 1.58. The molecule has 1 amide bonds. The molecule has 0 bridgehead atoms. The second-order valence-electron chi connectivity index (χ2n) is 6.87. The molecule has 0 aliphatic carbocycles. The highest BCUT2D eigenvalue weighted by molar-refractivity contribution is 6.04. The second kappa shape index (κ2) is 9.18. The molecule has 0 saturated carbocycles. The Kier molecular flexibility index (Phi) is 5.98. The van der Waals surface area contributed by atoms with Gasteiger partial charge in [0.1, 0.15) is 5.75 Å². The number of nitro benzene ring substituents is 1. The second-order valence-corrected chi connectivity index (χ2v) is 6.87. The lowest BCUT2D eigenvalue weighted by molar-refractivity contribution is -0.384. The molecule has 1 N–H and O–H groups in total. The zero-order chi connectivity index (χ0) is 23.4. The number of methoxy groups -OCH3 is 2. The SMILES string of the molecule is COc1ccc(-c2nc(OC)nn2-c2ccc(NC(=O)c3cccc([N+](=O)[O-])c3)cc2)cc1. The molecule has 0 radical (unpaired) electrons. The lowest BCUT2D eigenvalue weighted by Crippen LogP contribution is -2.12. The van der Waals surface area contributed by atoms with E-state index in [0.29, 0.717) is 17.2 Å². The molecule has 10 nitrogen and oxygen atoms in total. The average Bonchev–Trinajstić information content (AvgIpc) is 3.29. The maximum Gasteiger partial charge on any atom is 0.336 e. The van der Waals surface area contributed by atoms with E-state index in [1.165, 1.54) is 31.4 Å². The Bertz CT molecular complexity index is 1300. The normalized spacial score (nSPS) is 10.5. The van der Waals surface area contributed by atoms with Crippen LogP contribution in [0, 0.1) is 10.1 Å². The van der Waals surface area contributed by atoms with Gasteiger partial charge in [0.05, 0.1) is 24.8 Å². The van der Waals surface area contributed by atoms with Gasteiger partial charge in [-0.25, -0.2) is 4.68 Å². The minimum Gasteiger partial charge on any atom is -0.497 e. The molecule has 0 fully saturated rings. The summed E-state index contributed by atoms with van der Waals surface area (Å²) in [5, 5.41) is 18.1. The monoisotopic (exact) mass is 445 g/mol. The third-order valence-electron chi connectivity index (χ3n) is 4.81. The van der Waals surface area contributed by atoms with Gasteiger partial charge in [0.15, 0.2) is 5.82 Å². The first-order chi connectivity index (χ1) is 16.0. The molecule has 0 unspecified atom stereocenters. The van der Waals surface area contributed by atoms with Crippen LogP contribution < -0.4 is 14.8 Å². The zero-order valence-electron chi connectivity index (χ0n) is 17.8. The fraction of sp³-hybridized carbons (Fsp3) is 0.0870. The van der Waals surface area contributed by atoms with Crippen molar-refractivity contribution in [2.24, 2.45) is 0 Å². The van der Waals surface area contributed by atoms with Crippen LogP contribution in [0.2, 0.25) is 0 Å². The van der Waals surface area contributed by atoms with E-state index < -0.39 is 10.8 Å². The third-order valence-corrected chi connectivity index (χ3v) is 4.81. The number of carbonyl (C=O) groups excluding carboxylic acids is 1. The molecule has 4 rings (SSSR count). The molecule has 0 spiro atoms. The van der Waals surface area contributed by atoms with E-state index in [1.807, 2.05) is 24.3 Å². The predicted molar refractivity (Wildman–Crippen MR) is 121 cm³/mol. The van der Waals surface area contributed by atoms with E-state index in [-0.39, 0.29) is 17.3 Å². The van der Waals surface area contributed by atoms with Crippen molar-refractivity contribution in [3.63, 3.8) is 0 Å². The summed E-state index contributed by atoms with van der Waals surface area (Å²) in [6, 6.07) is 20.1. The molecule has 1 heterocycles. The van der Waals surface area contributed by atoms with E-state index in [0.717, 1.165) is 11.3 Å². The van der Waals surface area contributed by atoms with Gasteiger partial charge in [0, 0.05) is 28.9 Å². The van der Waals surface area contributed by atoms with Crippen LogP contribution in [0.5, 0.6) is 11.8 Å². The summed E-state index contributed by atoms with van der Waals surface area (Å²) in [4.78, 5) is 27.3. The Labute approximate surface area is 188 Å². The zero-order valence-corrected chi connectivity index (χ0v) is 17.8. The van der Waals surface area contributed by atoms with Crippen LogP contribution in [-0.4, -0.2) is 39.8 Å². The summed E-state index contributed by atoms with van der Waals surface area (Å²) < 4.78 is 12.0. The number of hydrogen-bond donors (Lipinski definition) is 1. The molecular weight excluding hydrogens is 426 g/mol. The third kappa shape index (κ3) is 4.64. The van der Waals surface area contributed by atoms with Crippen molar-refractivity contribution in [2.45, 2.75) is 0 Å². The van der Waals surface area contributed by atoms with Gasteiger partial charge in [0.2, 0.25) is 0 Å². The summed E-state index contributed by atoms with van der Waals surface area (Å²) in [6.45, 7) is 0. The number of anilines is 1. The van der Waals surface area contributed by atoms with Gasteiger partial charge >= 0.3 is 6.01 Å². The van der Waals surface area contributed by atoms with E-state index in [4.69, 9.17) is 9.47 Å². The maximum absolute atomic E-state index is 12.5. The van der Waals surface area contributed by atoms with Crippen LogP contribution in [0.1, 0.15) is 10.4 Å². The van der Waals surface area contributed by atoms with Crippen molar-refractivity contribution < 1.29 is 19.2 Å². The summed E-state index contributed by atoms with van der Waals surface area (Å²) >= 11 is 0. The molecule has 0 atom stereocenters. The maximum atomic E-state index is 12.5. The molecule has 1 aromatic heterocycles. The predicted octanol–water partition coefficient (Wildman–Crippen LogP) is 4.11. The number of nitrogens with zero attached hydrogens (tertiary/aromatic N) is 4. The molecule has 33 heavy (non-hydrogen) atoms. The molecular formula is C23H19N5O5. The van der Waals surface area contributed by atoms with Gasteiger partial charge in [-0.3, -0.25) is 14.9 Å². The van der Waals surface area contributed by atoms with Crippen molar-refractivity contribution in [1.82, 2.24) is 14.8 Å².